The van der Waals surface area contributed by atoms with E-state index in [2.05, 4.69) is 10.2 Å². The number of ether oxygens (including phenoxy) is 1. The lowest BCUT2D eigenvalue weighted by Gasteiger charge is -2.38. The molecule has 5 aliphatic heterocycles. The van der Waals surface area contributed by atoms with E-state index < -0.39 is 5.54 Å². The molecule has 8 heteroatoms. The maximum absolute atomic E-state index is 14.3. The van der Waals surface area contributed by atoms with Crippen molar-refractivity contribution in [2.24, 2.45) is 11.8 Å². The number of benzene rings is 1. The van der Waals surface area contributed by atoms with Gasteiger partial charge in [-0.25, -0.2) is 0 Å². The Hall–Kier alpha value is -2.45. The van der Waals surface area contributed by atoms with Crippen molar-refractivity contribution in [3.05, 3.63) is 29.8 Å². The first-order valence-corrected chi connectivity index (χ1v) is 12.9. The predicted molar refractivity (Wildman–Crippen MR) is 126 cm³/mol. The van der Waals surface area contributed by atoms with Crippen molar-refractivity contribution in [2.45, 2.75) is 50.1 Å². The zero-order valence-corrected chi connectivity index (χ0v) is 19.7. The van der Waals surface area contributed by atoms with Gasteiger partial charge in [0.05, 0.1) is 5.92 Å². The molecule has 3 amide bonds. The Kier molecular flexibility index (Phi) is 5.60. The molecule has 182 valence electrons. The Balaban J connectivity index is 1.37. The highest BCUT2D eigenvalue weighted by Gasteiger charge is 2.67. The van der Waals surface area contributed by atoms with Gasteiger partial charge in [-0.05, 0) is 51.1 Å². The van der Waals surface area contributed by atoms with E-state index in [1.807, 2.05) is 34.1 Å². The molecule has 6 rings (SSSR count). The van der Waals surface area contributed by atoms with E-state index in [9.17, 15) is 14.4 Å². The quantitative estimate of drug-likeness (QED) is 0.678. The highest BCUT2D eigenvalue weighted by Crippen LogP contribution is 2.57. The smallest absolute Gasteiger partial charge is 0.253 e. The van der Waals surface area contributed by atoms with Gasteiger partial charge >= 0.3 is 0 Å². The van der Waals surface area contributed by atoms with Gasteiger partial charge in [0, 0.05) is 62.6 Å². The summed E-state index contributed by atoms with van der Waals surface area (Å²) >= 11 is 0. The first-order valence-electron chi connectivity index (χ1n) is 12.9. The maximum atomic E-state index is 14.3. The number of para-hydroxylation sites is 1. The third-order valence-electron chi connectivity index (χ3n) is 8.72. The number of nitrogens with one attached hydrogen (secondary N) is 1. The van der Waals surface area contributed by atoms with E-state index in [4.69, 9.17) is 4.74 Å². The zero-order valence-electron chi connectivity index (χ0n) is 19.7. The molecule has 0 unspecified atom stereocenters. The molecular formula is C26H34N4O4. The summed E-state index contributed by atoms with van der Waals surface area (Å²) in [6, 6.07) is 8.26. The molecule has 34 heavy (non-hydrogen) atoms. The number of hydrogen-bond acceptors (Lipinski definition) is 5. The second-order valence-corrected chi connectivity index (χ2v) is 10.4. The molecule has 3 atom stereocenters. The second kappa shape index (κ2) is 8.64. The third kappa shape index (κ3) is 3.22. The van der Waals surface area contributed by atoms with Gasteiger partial charge in [-0.3, -0.25) is 19.3 Å². The molecule has 0 aliphatic carbocycles. The molecule has 0 aromatic heterocycles. The number of amides is 3. The van der Waals surface area contributed by atoms with Crippen molar-refractivity contribution < 1.29 is 19.1 Å². The molecule has 1 aromatic rings. The van der Waals surface area contributed by atoms with Gasteiger partial charge in [0.25, 0.3) is 5.91 Å². The number of carbonyl (C=O) groups is 3. The summed E-state index contributed by atoms with van der Waals surface area (Å²) in [5.74, 6) is -0.260. The van der Waals surface area contributed by atoms with Gasteiger partial charge in [0.1, 0.15) is 5.54 Å². The number of rotatable bonds is 1. The fourth-order valence-corrected chi connectivity index (χ4v) is 7.14. The third-order valence-corrected chi connectivity index (χ3v) is 8.72. The number of anilines is 1. The van der Waals surface area contributed by atoms with Gasteiger partial charge in [-0.15, -0.1) is 0 Å². The number of fused-ring (bicyclic) bond motifs is 4. The molecule has 4 saturated heterocycles. The van der Waals surface area contributed by atoms with Crippen LogP contribution in [-0.2, 0) is 24.7 Å². The van der Waals surface area contributed by atoms with Crippen LogP contribution in [-0.4, -0.2) is 79.5 Å². The number of hydrogen-bond donors (Lipinski definition) is 1. The minimum absolute atomic E-state index is 0.0114. The Morgan fingerprint density at radius 3 is 2.68 bits per heavy atom. The first-order chi connectivity index (χ1) is 16.6. The first kappa shape index (κ1) is 22.0. The molecule has 5 aliphatic rings. The minimum Gasteiger partial charge on any atom is -0.381 e. The van der Waals surface area contributed by atoms with E-state index in [-0.39, 0.29) is 35.6 Å². The van der Waals surface area contributed by atoms with Crippen molar-refractivity contribution in [2.75, 3.05) is 50.8 Å². The van der Waals surface area contributed by atoms with E-state index in [0.717, 1.165) is 49.9 Å². The lowest BCUT2D eigenvalue weighted by Crippen LogP contribution is -2.57. The van der Waals surface area contributed by atoms with Crippen LogP contribution in [0.15, 0.2) is 24.3 Å². The SMILES string of the molecule is O=C1NCCCN(C(=O)C2CCOCC2)CCN2C(=O)[C@@]3(c4ccccc42)[C@H]1C[C@@H]1CCCN13. The molecule has 1 N–H and O–H groups in total. The summed E-state index contributed by atoms with van der Waals surface area (Å²) < 4.78 is 5.45. The van der Waals surface area contributed by atoms with Gasteiger partial charge in [-0.2, -0.15) is 0 Å². The van der Waals surface area contributed by atoms with Crippen LogP contribution < -0.4 is 10.2 Å². The van der Waals surface area contributed by atoms with E-state index >= 15 is 0 Å². The normalized spacial score (nSPS) is 32.5. The van der Waals surface area contributed by atoms with Crippen LogP contribution in [0.3, 0.4) is 0 Å². The van der Waals surface area contributed by atoms with Crippen LogP contribution in [0.5, 0.6) is 0 Å². The Morgan fingerprint density at radius 1 is 1.00 bits per heavy atom. The topological polar surface area (TPSA) is 82.2 Å². The molecule has 2 bridgehead atoms. The standard InChI is InChI=1S/C26H34N4O4/c31-23-21-17-19-5-3-12-30(19)26(21)20-6-1-2-7-22(20)29(25(26)33)14-13-28(11-4-10-27-23)24(32)18-8-15-34-16-9-18/h1-2,6-7,18-19,21H,3-5,8-17H2,(H,27,31)/t19-,21-,26+/m0/s1. The van der Waals surface area contributed by atoms with Crippen LogP contribution in [0.4, 0.5) is 5.69 Å². The van der Waals surface area contributed by atoms with Crippen molar-refractivity contribution in [3.8, 4) is 0 Å². The Labute approximate surface area is 200 Å². The van der Waals surface area contributed by atoms with Crippen molar-refractivity contribution >= 4 is 23.4 Å². The highest BCUT2D eigenvalue weighted by molar-refractivity contribution is 6.11. The highest BCUT2D eigenvalue weighted by atomic mass is 16.5. The minimum atomic E-state index is -0.920. The lowest BCUT2D eigenvalue weighted by atomic mass is 9.78. The van der Waals surface area contributed by atoms with E-state index in [1.54, 1.807) is 0 Å². The molecule has 8 nitrogen and oxygen atoms in total. The molecule has 1 spiro atoms. The second-order valence-electron chi connectivity index (χ2n) is 10.4. The molecular weight excluding hydrogens is 432 g/mol. The van der Waals surface area contributed by atoms with Crippen LogP contribution in [0.2, 0.25) is 0 Å². The van der Waals surface area contributed by atoms with Crippen molar-refractivity contribution in [1.29, 1.82) is 0 Å². The van der Waals surface area contributed by atoms with Crippen LogP contribution in [0, 0.1) is 11.8 Å². The summed E-state index contributed by atoms with van der Waals surface area (Å²) in [5.41, 5.74) is 0.943. The molecule has 0 radical (unpaired) electrons. The fraction of sp³-hybridized carbons (Fsp3) is 0.654. The summed E-state index contributed by atoms with van der Waals surface area (Å²) in [6.45, 7) is 4.17. The zero-order chi connectivity index (χ0) is 23.3. The lowest BCUT2D eigenvalue weighted by molar-refractivity contribution is -0.140. The van der Waals surface area contributed by atoms with Gasteiger partial charge < -0.3 is 19.9 Å². The summed E-state index contributed by atoms with van der Waals surface area (Å²) in [5, 5.41) is 3.13. The van der Waals surface area contributed by atoms with Crippen molar-refractivity contribution in [1.82, 2.24) is 15.1 Å². The number of carbonyl (C=O) groups excluding carboxylic acids is 3. The summed E-state index contributed by atoms with van der Waals surface area (Å²) in [4.78, 5) is 47.3. The largest absolute Gasteiger partial charge is 0.381 e. The average Bonchev–Trinajstić information content (AvgIpc) is 3.52. The van der Waals surface area contributed by atoms with Crippen LogP contribution in [0.1, 0.15) is 44.1 Å². The molecule has 4 fully saturated rings. The molecule has 5 heterocycles. The molecule has 1 aromatic carbocycles. The van der Waals surface area contributed by atoms with E-state index in [1.165, 1.54) is 0 Å². The summed E-state index contributed by atoms with van der Waals surface area (Å²) in [6.07, 6.45) is 5.04. The fourth-order valence-electron chi connectivity index (χ4n) is 7.14. The van der Waals surface area contributed by atoms with Crippen LogP contribution in [0.25, 0.3) is 0 Å². The monoisotopic (exact) mass is 466 g/mol. The van der Waals surface area contributed by atoms with E-state index in [0.29, 0.717) is 45.8 Å². The van der Waals surface area contributed by atoms with Crippen LogP contribution >= 0.6 is 0 Å². The molecule has 0 saturated carbocycles. The maximum Gasteiger partial charge on any atom is 0.253 e. The Bertz CT molecular complexity index is 993. The predicted octanol–water partition coefficient (Wildman–Crippen LogP) is 1.49. The van der Waals surface area contributed by atoms with Gasteiger partial charge in [0.2, 0.25) is 11.8 Å². The average molecular weight is 467 g/mol. The Morgan fingerprint density at radius 2 is 1.82 bits per heavy atom. The van der Waals surface area contributed by atoms with Gasteiger partial charge in [0.15, 0.2) is 0 Å². The summed E-state index contributed by atoms with van der Waals surface area (Å²) in [7, 11) is 0. The van der Waals surface area contributed by atoms with Crippen molar-refractivity contribution in [3.63, 3.8) is 0 Å². The number of nitrogens with zero attached hydrogens (tertiary/aromatic N) is 3. The van der Waals surface area contributed by atoms with Gasteiger partial charge in [-0.1, -0.05) is 18.2 Å².